The Morgan fingerprint density at radius 1 is 1.21 bits per heavy atom. The van der Waals surface area contributed by atoms with Crippen LogP contribution in [0, 0.1) is 0 Å². The Kier molecular flexibility index (Phi) is 6.97. The minimum Gasteiger partial charge on any atom is -0.356 e. The molecule has 0 amide bonds. The number of nitrogens with zero attached hydrogens (tertiary/aromatic N) is 2. The van der Waals surface area contributed by atoms with Crippen LogP contribution in [0.4, 0.5) is 0 Å². The van der Waals surface area contributed by atoms with Gasteiger partial charge in [0.15, 0.2) is 5.96 Å². The predicted octanol–water partition coefficient (Wildman–Crippen LogP) is 1.86. The molecule has 0 aromatic heterocycles. The van der Waals surface area contributed by atoms with Gasteiger partial charge in [-0.15, -0.1) is 0 Å². The number of nitrogens with one attached hydrogen (secondary N) is 2. The van der Waals surface area contributed by atoms with E-state index in [-0.39, 0.29) is 0 Å². The van der Waals surface area contributed by atoms with Gasteiger partial charge in [0.2, 0.25) is 0 Å². The third kappa shape index (κ3) is 5.30. The Hall–Kier alpha value is -1.55. The summed E-state index contributed by atoms with van der Waals surface area (Å²) in [5.41, 5.74) is 1.31. The Labute approximate surface area is 116 Å². The second kappa shape index (κ2) is 8.53. The second-order valence-corrected chi connectivity index (χ2v) is 4.77. The fraction of sp³-hybridized carbons (Fsp3) is 0.533. The number of hydrogen-bond acceptors (Lipinski definition) is 2. The molecule has 1 aromatic carbocycles. The van der Waals surface area contributed by atoms with E-state index < -0.39 is 0 Å². The molecule has 0 spiro atoms. The van der Waals surface area contributed by atoms with Crippen molar-refractivity contribution in [1.82, 2.24) is 15.5 Å². The lowest BCUT2D eigenvalue weighted by atomic mass is 10.1. The van der Waals surface area contributed by atoms with Crippen molar-refractivity contribution in [2.75, 3.05) is 34.2 Å². The van der Waals surface area contributed by atoms with E-state index in [9.17, 15) is 0 Å². The molecule has 0 aliphatic heterocycles. The van der Waals surface area contributed by atoms with E-state index in [1.165, 1.54) is 5.56 Å². The molecule has 4 heteroatoms. The van der Waals surface area contributed by atoms with Crippen LogP contribution in [0.25, 0.3) is 0 Å². The molecule has 2 N–H and O–H groups in total. The van der Waals surface area contributed by atoms with E-state index in [2.05, 4.69) is 65.8 Å². The van der Waals surface area contributed by atoms with Gasteiger partial charge in [0.1, 0.15) is 0 Å². The average molecular weight is 262 g/mol. The van der Waals surface area contributed by atoms with Gasteiger partial charge in [-0.05, 0) is 26.1 Å². The fourth-order valence-corrected chi connectivity index (χ4v) is 1.93. The summed E-state index contributed by atoms with van der Waals surface area (Å²) in [6, 6.07) is 10.9. The van der Waals surface area contributed by atoms with Crippen molar-refractivity contribution in [2.45, 2.75) is 19.4 Å². The number of aliphatic imine (C=N–C) groups is 1. The molecule has 1 atom stereocenters. The zero-order chi connectivity index (χ0) is 14.1. The van der Waals surface area contributed by atoms with Crippen LogP contribution in [0.2, 0.25) is 0 Å². The van der Waals surface area contributed by atoms with Crippen molar-refractivity contribution in [3.05, 3.63) is 35.9 Å². The summed E-state index contributed by atoms with van der Waals surface area (Å²) in [6.07, 6.45) is 1.09. The highest BCUT2D eigenvalue weighted by Gasteiger charge is 2.13. The van der Waals surface area contributed by atoms with Gasteiger partial charge in [-0.2, -0.15) is 0 Å². The maximum absolute atomic E-state index is 4.23. The minimum absolute atomic E-state index is 0.335. The van der Waals surface area contributed by atoms with Crippen molar-refractivity contribution >= 4 is 5.96 Å². The molecular formula is C15H26N4. The quantitative estimate of drug-likeness (QED) is 0.607. The molecule has 19 heavy (non-hydrogen) atoms. The van der Waals surface area contributed by atoms with Gasteiger partial charge in [-0.1, -0.05) is 37.3 Å². The molecule has 0 radical (unpaired) electrons. The lowest BCUT2D eigenvalue weighted by Crippen LogP contribution is -2.41. The van der Waals surface area contributed by atoms with E-state index in [0.717, 1.165) is 25.5 Å². The van der Waals surface area contributed by atoms with Crippen LogP contribution in [0.5, 0.6) is 0 Å². The van der Waals surface area contributed by atoms with E-state index in [1.807, 2.05) is 6.07 Å². The SMILES string of the molecule is CCCNC(=NC)NCC(c1ccccc1)N(C)C. The zero-order valence-electron chi connectivity index (χ0n) is 12.5. The summed E-state index contributed by atoms with van der Waals surface area (Å²) < 4.78 is 0. The number of hydrogen-bond donors (Lipinski definition) is 2. The zero-order valence-corrected chi connectivity index (χ0v) is 12.5. The van der Waals surface area contributed by atoms with Gasteiger partial charge in [0, 0.05) is 20.1 Å². The van der Waals surface area contributed by atoms with Crippen LogP contribution < -0.4 is 10.6 Å². The van der Waals surface area contributed by atoms with Crippen molar-refractivity contribution in [2.24, 2.45) is 4.99 Å². The van der Waals surface area contributed by atoms with Gasteiger partial charge < -0.3 is 15.5 Å². The standard InChI is InChI=1S/C15H26N4/c1-5-11-17-15(16-2)18-12-14(19(3)4)13-9-7-6-8-10-13/h6-10,14H,5,11-12H2,1-4H3,(H2,16,17,18). The monoisotopic (exact) mass is 262 g/mol. The van der Waals surface area contributed by atoms with Gasteiger partial charge in [-0.3, -0.25) is 4.99 Å². The van der Waals surface area contributed by atoms with Crippen LogP contribution in [0.1, 0.15) is 24.9 Å². The van der Waals surface area contributed by atoms with E-state index in [1.54, 1.807) is 7.05 Å². The first-order chi connectivity index (χ1) is 9.19. The number of rotatable bonds is 6. The lowest BCUT2D eigenvalue weighted by Gasteiger charge is -2.26. The molecule has 1 unspecified atom stereocenters. The first-order valence-electron chi connectivity index (χ1n) is 6.85. The van der Waals surface area contributed by atoms with Crippen LogP contribution in [0.15, 0.2) is 35.3 Å². The maximum Gasteiger partial charge on any atom is 0.191 e. The Morgan fingerprint density at radius 3 is 2.42 bits per heavy atom. The summed E-state index contributed by atoms with van der Waals surface area (Å²) >= 11 is 0. The molecule has 0 fully saturated rings. The minimum atomic E-state index is 0.335. The normalized spacial score (nSPS) is 13.4. The molecule has 0 aliphatic rings. The molecule has 1 aromatic rings. The highest BCUT2D eigenvalue weighted by atomic mass is 15.2. The lowest BCUT2D eigenvalue weighted by molar-refractivity contribution is 0.298. The smallest absolute Gasteiger partial charge is 0.191 e. The van der Waals surface area contributed by atoms with E-state index in [0.29, 0.717) is 6.04 Å². The van der Waals surface area contributed by atoms with Gasteiger partial charge >= 0.3 is 0 Å². The molecule has 0 saturated carbocycles. The molecule has 0 heterocycles. The molecule has 106 valence electrons. The molecule has 1 rings (SSSR count). The second-order valence-electron chi connectivity index (χ2n) is 4.77. The summed E-state index contributed by atoms with van der Waals surface area (Å²) in [4.78, 5) is 6.44. The third-order valence-electron chi connectivity index (χ3n) is 3.04. The molecule has 4 nitrogen and oxygen atoms in total. The summed E-state index contributed by atoms with van der Waals surface area (Å²) in [6.45, 7) is 3.92. The fourth-order valence-electron chi connectivity index (χ4n) is 1.93. The Bertz CT molecular complexity index is 373. The number of likely N-dealkylation sites (N-methyl/N-ethyl adjacent to an activating group) is 1. The van der Waals surface area contributed by atoms with E-state index >= 15 is 0 Å². The highest BCUT2D eigenvalue weighted by molar-refractivity contribution is 5.79. The van der Waals surface area contributed by atoms with Crippen LogP contribution in [-0.4, -0.2) is 45.1 Å². The summed E-state index contributed by atoms with van der Waals surface area (Å²) in [5.74, 6) is 0.865. The van der Waals surface area contributed by atoms with Crippen LogP contribution in [0.3, 0.4) is 0 Å². The predicted molar refractivity (Wildman–Crippen MR) is 82.5 cm³/mol. The molecule has 0 bridgehead atoms. The molecular weight excluding hydrogens is 236 g/mol. The Balaban J connectivity index is 2.60. The average Bonchev–Trinajstić information content (AvgIpc) is 2.43. The first kappa shape index (κ1) is 15.5. The van der Waals surface area contributed by atoms with Crippen molar-refractivity contribution < 1.29 is 0 Å². The summed E-state index contributed by atoms with van der Waals surface area (Å²) in [5, 5.41) is 6.67. The van der Waals surface area contributed by atoms with Gasteiger partial charge in [0.25, 0.3) is 0 Å². The van der Waals surface area contributed by atoms with Crippen molar-refractivity contribution in [3.63, 3.8) is 0 Å². The van der Waals surface area contributed by atoms with Gasteiger partial charge in [-0.25, -0.2) is 0 Å². The first-order valence-corrected chi connectivity index (χ1v) is 6.85. The van der Waals surface area contributed by atoms with Crippen molar-refractivity contribution in [3.8, 4) is 0 Å². The highest BCUT2D eigenvalue weighted by Crippen LogP contribution is 2.16. The molecule has 0 aliphatic carbocycles. The third-order valence-corrected chi connectivity index (χ3v) is 3.04. The summed E-state index contributed by atoms with van der Waals surface area (Å²) in [7, 11) is 6.00. The van der Waals surface area contributed by atoms with Crippen LogP contribution >= 0.6 is 0 Å². The maximum atomic E-state index is 4.23. The van der Waals surface area contributed by atoms with Gasteiger partial charge in [0.05, 0.1) is 6.04 Å². The molecule has 0 saturated heterocycles. The topological polar surface area (TPSA) is 39.7 Å². The Morgan fingerprint density at radius 2 is 1.89 bits per heavy atom. The largest absolute Gasteiger partial charge is 0.356 e. The number of guanidine groups is 1. The van der Waals surface area contributed by atoms with E-state index in [4.69, 9.17) is 0 Å². The van der Waals surface area contributed by atoms with Crippen molar-refractivity contribution in [1.29, 1.82) is 0 Å². The van der Waals surface area contributed by atoms with Crippen LogP contribution in [-0.2, 0) is 0 Å². The number of benzene rings is 1.